The highest BCUT2D eigenvalue weighted by molar-refractivity contribution is 5.39. The van der Waals surface area contributed by atoms with Crippen LogP contribution in [-0.4, -0.2) is 29.8 Å². The average molecular weight is 257 g/mol. The minimum absolute atomic E-state index is 0.433. The summed E-state index contributed by atoms with van der Waals surface area (Å²) in [5, 5.41) is 3.14. The summed E-state index contributed by atoms with van der Waals surface area (Å²) in [6.45, 7) is 2.67. The van der Waals surface area contributed by atoms with Crippen LogP contribution in [0.1, 0.15) is 17.2 Å². The van der Waals surface area contributed by atoms with Gasteiger partial charge in [0.25, 0.3) is 0 Å². The molecule has 3 rings (SSSR count). The second-order valence-electron chi connectivity index (χ2n) is 4.96. The standard InChI is InChI=1S/C15H19N3O/c1-16-7-6-13-9-18(11-17-13)8-12-10-19-15-5-3-2-4-14(12)15/h2-5,9,11-12,16H,6-8,10H2,1H3. The lowest BCUT2D eigenvalue weighted by molar-refractivity contribution is 0.319. The fourth-order valence-electron chi connectivity index (χ4n) is 2.52. The number of hydrogen-bond donors (Lipinski definition) is 1. The molecule has 4 heteroatoms. The predicted molar refractivity (Wildman–Crippen MR) is 74.5 cm³/mol. The third-order valence-electron chi connectivity index (χ3n) is 3.55. The SMILES string of the molecule is CNCCc1cn(CC2COc3ccccc32)cn1. The van der Waals surface area contributed by atoms with Crippen molar-refractivity contribution in [1.29, 1.82) is 0 Å². The first kappa shape index (κ1) is 12.2. The number of rotatable bonds is 5. The summed E-state index contributed by atoms with van der Waals surface area (Å²) in [6.07, 6.45) is 5.03. The first-order valence-corrected chi connectivity index (χ1v) is 6.74. The molecule has 0 saturated carbocycles. The van der Waals surface area contributed by atoms with Gasteiger partial charge in [-0.3, -0.25) is 0 Å². The third kappa shape index (κ3) is 2.63. The molecule has 2 aromatic rings. The van der Waals surface area contributed by atoms with Crippen molar-refractivity contribution in [2.75, 3.05) is 20.2 Å². The fourth-order valence-corrected chi connectivity index (χ4v) is 2.52. The minimum Gasteiger partial charge on any atom is -0.493 e. The third-order valence-corrected chi connectivity index (χ3v) is 3.55. The summed E-state index contributed by atoms with van der Waals surface area (Å²) >= 11 is 0. The molecule has 0 fully saturated rings. The van der Waals surface area contributed by atoms with Gasteiger partial charge in [-0.15, -0.1) is 0 Å². The topological polar surface area (TPSA) is 39.1 Å². The van der Waals surface area contributed by atoms with E-state index in [1.54, 1.807) is 0 Å². The Hall–Kier alpha value is -1.81. The van der Waals surface area contributed by atoms with E-state index in [2.05, 4.69) is 33.2 Å². The van der Waals surface area contributed by atoms with Gasteiger partial charge in [-0.25, -0.2) is 4.98 Å². The van der Waals surface area contributed by atoms with Crippen molar-refractivity contribution in [3.8, 4) is 5.75 Å². The summed E-state index contributed by atoms with van der Waals surface area (Å²) in [4.78, 5) is 4.43. The number of aromatic nitrogens is 2. The highest BCUT2D eigenvalue weighted by Gasteiger charge is 2.23. The van der Waals surface area contributed by atoms with E-state index in [1.165, 1.54) is 5.56 Å². The van der Waals surface area contributed by atoms with E-state index in [9.17, 15) is 0 Å². The van der Waals surface area contributed by atoms with E-state index in [0.29, 0.717) is 5.92 Å². The number of imidazole rings is 1. The maximum absolute atomic E-state index is 5.71. The molecule has 1 aromatic heterocycles. The van der Waals surface area contributed by atoms with Crippen molar-refractivity contribution in [3.63, 3.8) is 0 Å². The van der Waals surface area contributed by atoms with Crippen molar-refractivity contribution in [3.05, 3.63) is 48.0 Å². The molecule has 0 amide bonds. The number of likely N-dealkylation sites (N-methyl/N-ethyl adjacent to an activating group) is 1. The van der Waals surface area contributed by atoms with E-state index in [-0.39, 0.29) is 0 Å². The van der Waals surface area contributed by atoms with Crippen LogP contribution < -0.4 is 10.1 Å². The zero-order valence-electron chi connectivity index (χ0n) is 11.2. The van der Waals surface area contributed by atoms with Gasteiger partial charge in [0.05, 0.1) is 18.6 Å². The minimum atomic E-state index is 0.433. The summed E-state index contributed by atoms with van der Waals surface area (Å²) < 4.78 is 7.88. The molecule has 0 radical (unpaired) electrons. The number of benzene rings is 1. The number of para-hydroxylation sites is 1. The lowest BCUT2D eigenvalue weighted by Crippen LogP contribution is -2.11. The Bertz CT molecular complexity index is 550. The fraction of sp³-hybridized carbons (Fsp3) is 0.400. The molecule has 19 heavy (non-hydrogen) atoms. The number of hydrogen-bond acceptors (Lipinski definition) is 3. The molecule has 1 aliphatic heterocycles. The Morgan fingerprint density at radius 3 is 3.21 bits per heavy atom. The Labute approximate surface area is 113 Å². The highest BCUT2D eigenvalue weighted by atomic mass is 16.5. The van der Waals surface area contributed by atoms with Gasteiger partial charge in [0.15, 0.2) is 0 Å². The predicted octanol–water partition coefficient (Wildman–Crippen LogP) is 1.82. The number of ether oxygens (including phenoxy) is 1. The average Bonchev–Trinajstić information content (AvgIpc) is 3.05. The molecule has 1 unspecified atom stereocenters. The zero-order valence-corrected chi connectivity index (χ0v) is 11.2. The lowest BCUT2D eigenvalue weighted by Gasteiger charge is -2.09. The molecule has 1 atom stereocenters. The second kappa shape index (κ2) is 5.45. The van der Waals surface area contributed by atoms with Crippen LogP contribution in [0.15, 0.2) is 36.8 Å². The Balaban J connectivity index is 1.68. The Kier molecular flexibility index (Phi) is 3.51. The lowest BCUT2D eigenvalue weighted by atomic mass is 10.0. The molecular weight excluding hydrogens is 238 g/mol. The van der Waals surface area contributed by atoms with Crippen LogP contribution in [0.2, 0.25) is 0 Å². The van der Waals surface area contributed by atoms with E-state index in [1.807, 2.05) is 25.5 Å². The van der Waals surface area contributed by atoms with E-state index in [4.69, 9.17) is 4.74 Å². The van der Waals surface area contributed by atoms with E-state index >= 15 is 0 Å². The molecule has 0 aliphatic carbocycles. The van der Waals surface area contributed by atoms with Crippen molar-refractivity contribution >= 4 is 0 Å². The van der Waals surface area contributed by atoms with Crippen LogP contribution in [0.5, 0.6) is 5.75 Å². The zero-order chi connectivity index (χ0) is 13.1. The van der Waals surface area contributed by atoms with Gasteiger partial charge in [0.1, 0.15) is 5.75 Å². The number of nitrogens with one attached hydrogen (secondary N) is 1. The summed E-state index contributed by atoms with van der Waals surface area (Å²) in [7, 11) is 1.96. The highest BCUT2D eigenvalue weighted by Crippen LogP contribution is 2.34. The molecule has 1 N–H and O–H groups in total. The maximum Gasteiger partial charge on any atom is 0.122 e. The van der Waals surface area contributed by atoms with Crippen molar-refractivity contribution in [1.82, 2.24) is 14.9 Å². The van der Waals surface area contributed by atoms with Crippen LogP contribution in [0, 0.1) is 0 Å². The van der Waals surface area contributed by atoms with Gasteiger partial charge < -0.3 is 14.6 Å². The van der Waals surface area contributed by atoms with Crippen LogP contribution in [-0.2, 0) is 13.0 Å². The van der Waals surface area contributed by atoms with Gasteiger partial charge in [0, 0.05) is 37.2 Å². The van der Waals surface area contributed by atoms with E-state index < -0.39 is 0 Å². The van der Waals surface area contributed by atoms with E-state index in [0.717, 1.165) is 37.6 Å². The first-order valence-electron chi connectivity index (χ1n) is 6.74. The molecule has 1 aliphatic rings. The quantitative estimate of drug-likeness (QED) is 0.888. The smallest absolute Gasteiger partial charge is 0.122 e. The van der Waals surface area contributed by atoms with Crippen molar-refractivity contribution < 1.29 is 4.74 Å². The van der Waals surface area contributed by atoms with Gasteiger partial charge in [0.2, 0.25) is 0 Å². The van der Waals surface area contributed by atoms with Gasteiger partial charge in [-0.05, 0) is 13.1 Å². The molecule has 2 heterocycles. The molecule has 4 nitrogen and oxygen atoms in total. The molecular formula is C15H19N3O. The van der Waals surface area contributed by atoms with Crippen LogP contribution in [0.4, 0.5) is 0 Å². The van der Waals surface area contributed by atoms with Crippen molar-refractivity contribution in [2.24, 2.45) is 0 Å². The molecule has 0 saturated heterocycles. The molecule has 100 valence electrons. The summed E-state index contributed by atoms with van der Waals surface area (Å²) in [5.74, 6) is 1.46. The van der Waals surface area contributed by atoms with Gasteiger partial charge in [-0.1, -0.05) is 18.2 Å². The summed E-state index contributed by atoms with van der Waals surface area (Å²) in [6, 6.07) is 8.30. The van der Waals surface area contributed by atoms with Crippen LogP contribution >= 0.6 is 0 Å². The summed E-state index contributed by atoms with van der Waals surface area (Å²) in [5.41, 5.74) is 2.45. The number of nitrogens with zero attached hydrogens (tertiary/aromatic N) is 2. The molecule has 0 bridgehead atoms. The van der Waals surface area contributed by atoms with Crippen LogP contribution in [0.25, 0.3) is 0 Å². The second-order valence-corrected chi connectivity index (χ2v) is 4.96. The molecule has 0 spiro atoms. The molecule has 1 aromatic carbocycles. The number of fused-ring (bicyclic) bond motifs is 1. The monoisotopic (exact) mass is 257 g/mol. The normalized spacial score (nSPS) is 17.2. The Morgan fingerprint density at radius 1 is 1.42 bits per heavy atom. The van der Waals surface area contributed by atoms with Gasteiger partial charge >= 0.3 is 0 Å². The maximum atomic E-state index is 5.71. The Morgan fingerprint density at radius 2 is 2.32 bits per heavy atom. The van der Waals surface area contributed by atoms with Gasteiger partial charge in [-0.2, -0.15) is 0 Å². The van der Waals surface area contributed by atoms with Crippen molar-refractivity contribution in [2.45, 2.75) is 18.9 Å². The first-order chi connectivity index (χ1) is 9.36. The largest absolute Gasteiger partial charge is 0.493 e. The van der Waals surface area contributed by atoms with Crippen LogP contribution in [0.3, 0.4) is 0 Å².